The van der Waals surface area contributed by atoms with Gasteiger partial charge in [-0.2, -0.15) is 5.10 Å². The van der Waals surface area contributed by atoms with Crippen molar-refractivity contribution in [3.63, 3.8) is 0 Å². The van der Waals surface area contributed by atoms with E-state index in [1.54, 1.807) is 10.9 Å². The highest BCUT2D eigenvalue weighted by molar-refractivity contribution is 6.04. The summed E-state index contributed by atoms with van der Waals surface area (Å²) in [5, 5.41) is 17.2. The van der Waals surface area contributed by atoms with Crippen LogP contribution in [0.4, 0.5) is 5.69 Å². The summed E-state index contributed by atoms with van der Waals surface area (Å²) in [6.07, 6.45) is 5.71. The fourth-order valence-corrected chi connectivity index (χ4v) is 3.19. The maximum absolute atomic E-state index is 12.4. The fourth-order valence-electron chi connectivity index (χ4n) is 3.19. The second-order valence-electron chi connectivity index (χ2n) is 6.50. The van der Waals surface area contributed by atoms with Gasteiger partial charge in [-0.05, 0) is 49.9 Å². The van der Waals surface area contributed by atoms with Crippen molar-refractivity contribution in [3.05, 3.63) is 41.7 Å². The molecule has 1 aromatic carbocycles. The molecule has 2 N–H and O–H groups in total. The van der Waals surface area contributed by atoms with Crippen molar-refractivity contribution in [2.75, 3.05) is 5.32 Å². The van der Waals surface area contributed by atoms with Gasteiger partial charge in [-0.15, -0.1) is 0 Å². The van der Waals surface area contributed by atoms with Gasteiger partial charge in [0.25, 0.3) is 5.91 Å². The Balaban J connectivity index is 1.63. The predicted octanol–water partition coefficient (Wildman–Crippen LogP) is 2.92. The van der Waals surface area contributed by atoms with Gasteiger partial charge in [0.05, 0.1) is 17.4 Å². The summed E-state index contributed by atoms with van der Waals surface area (Å²) in [5.74, 6) is 0.542. The van der Waals surface area contributed by atoms with E-state index >= 15 is 0 Å². The maximum atomic E-state index is 12.4. The number of nitrogens with zero attached hydrogens (tertiary/aromatic N) is 2. The van der Waals surface area contributed by atoms with Gasteiger partial charge >= 0.3 is 0 Å². The summed E-state index contributed by atoms with van der Waals surface area (Å²) >= 11 is 0. The molecule has 1 aromatic heterocycles. The minimum atomic E-state index is -0.397. The van der Waals surface area contributed by atoms with Gasteiger partial charge in [0.15, 0.2) is 0 Å². The Hall–Kier alpha value is -2.34. The highest BCUT2D eigenvalue weighted by Gasteiger charge is 2.24. The summed E-state index contributed by atoms with van der Waals surface area (Å²) in [6.45, 7) is 1.98. The molecular weight excluding hydrogens is 318 g/mol. The van der Waals surface area contributed by atoms with Crippen LogP contribution < -0.4 is 10.1 Å². The zero-order valence-corrected chi connectivity index (χ0v) is 14.7. The van der Waals surface area contributed by atoms with E-state index in [1.807, 2.05) is 38.2 Å². The molecule has 25 heavy (non-hydrogen) atoms. The molecule has 1 fully saturated rings. The van der Waals surface area contributed by atoms with Crippen molar-refractivity contribution in [1.29, 1.82) is 0 Å². The number of carbonyl (C=O) groups excluding carboxylic acids is 1. The zero-order chi connectivity index (χ0) is 17.8. The second-order valence-corrected chi connectivity index (χ2v) is 6.50. The Morgan fingerprint density at radius 1 is 1.32 bits per heavy atom. The third kappa shape index (κ3) is 4.20. The lowest BCUT2D eigenvalue weighted by atomic mass is 9.95. The van der Waals surface area contributed by atoms with Crippen molar-refractivity contribution in [2.45, 2.75) is 51.2 Å². The molecule has 0 radical (unpaired) electrons. The monoisotopic (exact) mass is 343 g/mol. The van der Waals surface area contributed by atoms with Crippen LogP contribution in [0.25, 0.3) is 0 Å². The first kappa shape index (κ1) is 17.5. The van der Waals surface area contributed by atoms with Crippen LogP contribution in [0, 0.1) is 0 Å². The SMILES string of the molecule is CCc1nn(C)cc1C(=O)Nc1ccc(OC2CCCCC2O)cc1. The number of hydrogen-bond donors (Lipinski definition) is 2. The Morgan fingerprint density at radius 3 is 2.72 bits per heavy atom. The third-order valence-electron chi connectivity index (χ3n) is 4.55. The van der Waals surface area contributed by atoms with Gasteiger partial charge in [0, 0.05) is 18.9 Å². The van der Waals surface area contributed by atoms with Crippen LogP contribution in [0.1, 0.15) is 48.7 Å². The molecule has 3 rings (SSSR count). The number of anilines is 1. The van der Waals surface area contributed by atoms with Crippen LogP contribution in [0.15, 0.2) is 30.5 Å². The molecule has 6 nitrogen and oxygen atoms in total. The molecule has 134 valence electrons. The number of nitrogens with one attached hydrogen (secondary N) is 1. The third-order valence-corrected chi connectivity index (χ3v) is 4.55. The molecule has 1 saturated carbocycles. The first-order chi connectivity index (χ1) is 12.1. The molecule has 1 heterocycles. The van der Waals surface area contributed by atoms with Crippen molar-refractivity contribution < 1.29 is 14.6 Å². The van der Waals surface area contributed by atoms with E-state index in [0.29, 0.717) is 23.4 Å². The topological polar surface area (TPSA) is 76.4 Å². The van der Waals surface area contributed by atoms with Gasteiger partial charge in [0.2, 0.25) is 0 Å². The number of aliphatic hydroxyl groups excluding tert-OH is 1. The molecular formula is C19H25N3O3. The first-order valence-electron chi connectivity index (χ1n) is 8.85. The number of hydrogen-bond acceptors (Lipinski definition) is 4. The normalized spacial score (nSPS) is 20.3. The lowest BCUT2D eigenvalue weighted by Gasteiger charge is -2.28. The average Bonchev–Trinajstić information content (AvgIpc) is 3.00. The largest absolute Gasteiger partial charge is 0.488 e. The Bertz CT molecular complexity index is 724. The summed E-state index contributed by atoms with van der Waals surface area (Å²) in [4.78, 5) is 12.4. The molecule has 0 bridgehead atoms. The Kier molecular flexibility index (Phi) is 5.38. The second kappa shape index (κ2) is 7.70. The molecule has 1 aliphatic rings. The smallest absolute Gasteiger partial charge is 0.259 e. The lowest BCUT2D eigenvalue weighted by molar-refractivity contribution is 0.00688. The number of amides is 1. The van der Waals surface area contributed by atoms with Crippen LogP contribution in [0.2, 0.25) is 0 Å². The van der Waals surface area contributed by atoms with Crippen molar-refractivity contribution in [1.82, 2.24) is 9.78 Å². The minimum Gasteiger partial charge on any atom is -0.488 e. The van der Waals surface area contributed by atoms with E-state index in [4.69, 9.17) is 4.74 Å². The van der Waals surface area contributed by atoms with Crippen LogP contribution >= 0.6 is 0 Å². The molecule has 0 saturated heterocycles. The number of aromatic nitrogens is 2. The first-order valence-corrected chi connectivity index (χ1v) is 8.85. The number of aliphatic hydroxyl groups is 1. The molecule has 0 aliphatic heterocycles. The van der Waals surface area contributed by atoms with Gasteiger partial charge in [-0.3, -0.25) is 9.48 Å². The highest BCUT2D eigenvalue weighted by Crippen LogP contribution is 2.25. The van der Waals surface area contributed by atoms with Crippen molar-refractivity contribution >= 4 is 11.6 Å². The van der Waals surface area contributed by atoms with Crippen LogP contribution in [-0.2, 0) is 13.5 Å². The van der Waals surface area contributed by atoms with Gasteiger partial charge in [-0.1, -0.05) is 13.3 Å². The molecule has 6 heteroatoms. The average molecular weight is 343 g/mol. The Labute approximate surface area is 147 Å². The van der Waals surface area contributed by atoms with E-state index in [-0.39, 0.29) is 12.0 Å². The molecule has 1 aliphatic carbocycles. The van der Waals surface area contributed by atoms with E-state index in [0.717, 1.165) is 31.4 Å². The molecule has 2 aromatic rings. The van der Waals surface area contributed by atoms with Gasteiger partial charge < -0.3 is 15.2 Å². The van der Waals surface area contributed by atoms with Gasteiger partial charge in [-0.25, -0.2) is 0 Å². The Morgan fingerprint density at radius 2 is 2.04 bits per heavy atom. The van der Waals surface area contributed by atoms with E-state index in [9.17, 15) is 9.90 Å². The number of aryl methyl sites for hydroxylation is 2. The standard InChI is InChI=1S/C19H25N3O3/c1-3-16-15(12-22(2)21-16)19(24)20-13-8-10-14(11-9-13)25-18-7-5-4-6-17(18)23/h8-12,17-18,23H,3-7H2,1-2H3,(H,20,24). The molecule has 2 unspecified atom stereocenters. The van der Waals surface area contributed by atoms with Crippen LogP contribution in [0.3, 0.4) is 0 Å². The van der Waals surface area contributed by atoms with E-state index < -0.39 is 6.10 Å². The maximum Gasteiger partial charge on any atom is 0.259 e. The summed E-state index contributed by atoms with van der Waals surface area (Å²) in [7, 11) is 1.81. The summed E-state index contributed by atoms with van der Waals surface area (Å²) < 4.78 is 7.53. The number of ether oxygens (including phenoxy) is 1. The van der Waals surface area contributed by atoms with Crippen LogP contribution in [-0.4, -0.2) is 33.0 Å². The number of rotatable bonds is 5. The van der Waals surface area contributed by atoms with Crippen molar-refractivity contribution in [3.8, 4) is 5.75 Å². The summed E-state index contributed by atoms with van der Waals surface area (Å²) in [6, 6.07) is 7.26. The fraction of sp³-hybridized carbons (Fsp3) is 0.474. The zero-order valence-electron chi connectivity index (χ0n) is 14.7. The molecule has 0 spiro atoms. The summed E-state index contributed by atoms with van der Waals surface area (Å²) in [5.41, 5.74) is 2.08. The predicted molar refractivity (Wildman–Crippen MR) is 95.9 cm³/mol. The lowest BCUT2D eigenvalue weighted by Crippen LogP contribution is -2.34. The number of carbonyl (C=O) groups is 1. The van der Waals surface area contributed by atoms with Gasteiger partial charge in [0.1, 0.15) is 11.9 Å². The molecule has 1 amide bonds. The van der Waals surface area contributed by atoms with E-state index in [1.165, 1.54) is 0 Å². The van der Waals surface area contributed by atoms with Crippen LogP contribution in [0.5, 0.6) is 5.75 Å². The van der Waals surface area contributed by atoms with Crippen molar-refractivity contribution in [2.24, 2.45) is 7.05 Å². The highest BCUT2D eigenvalue weighted by atomic mass is 16.5. The van der Waals surface area contributed by atoms with E-state index in [2.05, 4.69) is 10.4 Å². The quantitative estimate of drug-likeness (QED) is 0.875. The number of benzene rings is 1. The molecule has 2 atom stereocenters. The minimum absolute atomic E-state index is 0.142.